The van der Waals surface area contributed by atoms with Crippen LogP contribution in [0.15, 0.2) is 24.3 Å². The lowest BCUT2D eigenvalue weighted by atomic mass is 9.65. The van der Waals surface area contributed by atoms with E-state index in [1.54, 1.807) is 0 Å². The van der Waals surface area contributed by atoms with Crippen molar-refractivity contribution < 1.29 is 9.47 Å². The third-order valence-corrected chi connectivity index (χ3v) is 5.34. The Kier molecular flexibility index (Phi) is 5.09. The van der Waals surface area contributed by atoms with Crippen LogP contribution >= 0.6 is 0 Å². The van der Waals surface area contributed by atoms with Crippen molar-refractivity contribution in [2.24, 2.45) is 23.2 Å². The van der Waals surface area contributed by atoms with Crippen LogP contribution in [0.25, 0.3) is 0 Å². The fourth-order valence-electron chi connectivity index (χ4n) is 4.90. The van der Waals surface area contributed by atoms with Crippen LogP contribution in [0.1, 0.15) is 39.0 Å². The predicted octanol–water partition coefficient (Wildman–Crippen LogP) is 4.22. The van der Waals surface area contributed by atoms with E-state index < -0.39 is 0 Å². The standard InChI is InChI=1S/C18H30O2/c1-13(2)9-15-7-6-8-16-17(15)14(3)10-18(16,11-19-4)12-20-5/h15-17H,1,3,6-12H2,2,4-5H3/t15-,16-,17+/m1/s1. The summed E-state index contributed by atoms with van der Waals surface area (Å²) in [4.78, 5) is 0. The van der Waals surface area contributed by atoms with Gasteiger partial charge in [-0.15, -0.1) is 6.58 Å². The van der Waals surface area contributed by atoms with Crippen LogP contribution in [0, 0.1) is 23.2 Å². The average molecular weight is 278 g/mol. The van der Waals surface area contributed by atoms with Crippen molar-refractivity contribution in [3.8, 4) is 0 Å². The molecular weight excluding hydrogens is 248 g/mol. The summed E-state index contributed by atoms with van der Waals surface area (Å²) in [6.07, 6.45) is 6.15. The third-order valence-electron chi connectivity index (χ3n) is 5.34. The quantitative estimate of drug-likeness (QED) is 0.677. The van der Waals surface area contributed by atoms with Gasteiger partial charge in [-0.2, -0.15) is 0 Å². The van der Waals surface area contributed by atoms with Gasteiger partial charge in [0.2, 0.25) is 0 Å². The highest BCUT2D eigenvalue weighted by Crippen LogP contribution is 2.58. The number of ether oxygens (including phenoxy) is 2. The molecule has 2 heteroatoms. The van der Waals surface area contributed by atoms with Gasteiger partial charge >= 0.3 is 0 Å². The predicted molar refractivity (Wildman–Crippen MR) is 83.7 cm³/mol. The molecule has 0 unspecified atom stereocenters. The number of fused-ring (bicyclic) bond motifs is 1. The minimum Gasteiger partial charge on any atom is -0.384 e. The Bertz CT molecular complexity index is 366. The summed E-state index contributed by atoms with van der Waals surface area (Å²) in [5.74, 6) is 2.05. The van der Waals surface area contributed by atoms with Crippen LogP contribution in [0.5, 0.6) is 0 Å². The molecule has 114 valence electrons. The highest BCUT2D eigenvalue weighted by molar-refractivity contribution is 5.21. The first-order valence-corrected chi connectivity index (χ1v) is 7.84. The molecule has 0 heterocycles. The molecule has 0 bridgehead atoms. The van der Waals surface area contributed by atoms with Gasteiger partial charge in [0.1, 0.15) is 0 Å². The molecule has 0 aromatic carbocycles. The zero-order valence-electron chi connectivity index (χ0n) is 13.4. The molecule has 2 saturated carbocycles. The average Bonchev–Trinajstić information content (AvgIpc) is 2.64. The Labute approximate surface area is 124 Å². The first-order valence-electron chi connectivity index (χ1n) is 7.84. The van der Waals surface area contributed by atoms with Gasteiger partial charge in [-0.25, -0.2) is 0 Å². The summed E-state index contributed by atoms with van der Waals surface area (Å²) in [7, 11) is 3.61. The summed E-state index contributed by atoms with van der Waals surface area (Å²) in [6, 6.07) is 0. The molecule has 2 nitrogen and oxygen atoms in total. The van der Waals surface area contributed by atoms with Crippen LogP contribution in [-0.2, 0) is 9.47 Å². The fraction of sp³-hybridized carbons (Fsp3) is 0.778. The zero-order valence-corrected chi connectivity index (χ0v) is 13.4. The Hall–Kier alpha value is -0.600. The van der Waals surface area contributed by atoms with Crippen molar-refractivity contribution in [1.29, 1.82) is 0 Å². The summed E-state index contributed by atoms with van der Waals surface area (Å²) in [5, 5.41) is 0. The van der Waals surface area contributed by atoms with Crippen molar-refractivity contribution in [1.82, 2.24) is 0 Å². The summed E-state index contributed by atoms with van der Waals surface area (Å²) >= 11 is 0. The van der Waals surface area contributed by atoms with Crippen molar-refractivity contribution in [3.63, 3.8) is 0 Å². The number of rotatable bonds is 6. The Morgan fingerprint density at radius 2 is 1.90 bits per heavy atom. The van der Waals surface area contributed by atoms with Crippen molar-refractivity contribution in [3.05, 3.63) is 24.3 Å². The number of hydrogen-bond acceptors (Lipinski definition) is 2. The van der Waals surface area contributed by atoms with E-state index in [2.05, 4.69) is 20.1 Å². The molecule has 0 amide bonds. The lowest BCUT2D eigenvalue weighted by molar-refractivity contribution is -0.0371. The molecule has 2 aliphatic rings. The maximum atomic E-state index is 5.56. The normalized spacial score (nSPS) is 32.1. The molecule has 0 saturated heterocycles. The van der Waals surface area contributed by atoms with Crippen LogP contribution in [0.2, 0.25) is 0 Å². The second-order valence-electron chi connectivity index (χ2n) is 7.05. The van der Waals surface area contributed by atoms with Crippen molar-refractivity contribution >= 4 is 0 Å². The van der Waals surface area contributed by atoms with E-state index in [-0.39, 0.29) is 5.41 Å². The maximum Gasteiger partial charge on any atom is 0.0546 e. The molecule has 2 rings (SSSR count). The first-order chi connectivity index (χ1) is 9.54. The number of allylic oxidation sites excluding steroid dienone is 2. The van der Waals surface area contributed by atoms with E-state index in [9.17, 15) is 0 Å². The smallest absolute Gasteiger partial charge is 0.0546 e. The third kappa shape index (κ3) is 2.87. The number of methoxy groups -OCH3 is 2. The van der Waals surface area contributed by atoms with E-state index in [1.165, 1.54) is 30.4 Å². The van der Waals surface area contributed by atoms with E-state index in [0.717, 1.165) is 32.0 Å². The highest BCUT2D eigenvalue weighted by atomic mass is 16.5. The van der Waals surface area contributed by atoms with Crippen LogP contribution < -0.4 is 0 Å². The van der Waals surface area contributed by atoms with Crippen LogP contribution in [-0.4, -0.2) is 27.4 Å². The molecule has 0 radical (unpaired) electrons. The second-order valence-corrected chi connectivity index (χ2v) is 7.05. The van der Waals surface area contributed by atoms with Gasteiger partial charge in [-0.1, -0.05) is 24.1 Å². The Morgan fingerprint density at radius 3 is 2.45 bits per heavy atom. The van der Waals surface area contributed by atoms with Crippen LogP contribution in [0.4, 0.5) is 0 Å². The molecule has 0 aromatic rings. The van der Waals surface area contributed by atoms with Gasteiger partial charge in [0, 0.05) is 19.6 Å². The van der Waals surface area contributed by atoms with E-state index in [1.807, 2.05) is 14.2 Å². The molecule has 0 spiro atoms. The Balaban J connectivity index is 2.24. The number of hydrogen-bond donors (Lipinski definition) is 0. The zero-order chi connectivity index (χ0) is 14.8. The molecule has 0 aliphatic heterocycles. The molecular formula is C18H30O2. The van der Waals surface area contributed by atoms with Gasteiger partial charge in [-0.05, 0) is 50.4 Å². The SMILES string of the molecule is C=C(C)C[C@H]1CCC[C@@H]2[C@H]1C(=C)CC2(COC)COC. The largest absolute Gasteiger partial charge is 0.384 e. The van der Waals surface area contributed by atoms with E-state index in [0.29, 0.717) is 11.8 Å². The molecule has 0 N–H and O–H groups in total. The van der Waals surface area contributed by atoms with Gasteiger partial charge in [0.25, 0.3) is 0 Å². The lowest BCUT2D eigenvalue weighted by Gasteiger charge is -2.42. The Morgan fingerprint density at radius 1 is 1.25 bits per heavy atom. The van der Waals surface area contributed by atoms with Crippen LogP contribution in [0.3, 0.4) is 0 Å². The topological polar surface area (TPSA) is 18.5 Å². The van der Waals surface area contributed by atoms with Crippen molar-refractivity contribution in [2.45, 2.75) is 39.0 Å². The van der Waals surface area contributed by atoms with Crippen molar-refractivity contribution in [2.75, 3.05) is 27.4 Å². The second kappa shape index (κ2) is 6.44. The van der Waals surface area contributed by atoms with Gasteiger partial charge < -0.3 is 9.47 Å². The maximum absolute atomic E-state index is 5.56. The minimum absolute atomic E-state index is 0.152. The monoisotopic (exact) mass is 278 g/mol. The summed E-state index contributed by atoms with van der Waals surface area (Å²) < 4.78 is 11.1. The molecule has 0 aromatic heterocycles. The molecule has 2 fully saturated rings. The molecule has 3 atom stereocenters. The first kappa shape index (κ1) is 15.8. The minimum atomic E-state index is 0.152. The lowest BCUT2D eigenvalue weighted by Crippen LogP contribution is -2.40. The fourth-order valence-corrected chi connectivity index (χ4v) is 4.90. The molecule has 20 heavy (non-hydrogen) atoms. The summed E-state index contributed by atoms with van der Waals surface area (Å²) in [6.45, 7) is 12.3. The highest BCUT2D eigenvalue weighted by Gasteiger charge is 2.53. The molecule has 2 aliphatic carbocycles. The van der Waals surface area contributed by atoms with E-state index >= 15 is 0 Å². The van der Waals surface area contributed by atoms with E-state index in [4.69, 9.17) is 9.47 Å². The summed E-state index contributed by atoms with van der Waals surface area (Å²) in [5.41, 5.74) is 2.88. The van der Waals surface area contributed by atoms with Gasteiger partial charge in [0.05, 0.1) is 13.2 Å². The van der Waals surface area contributed by atoms with Gasteiger partial charge in [0.15, 0.2) is 0 Å². The van der Waals surface area contributed by atoms with Gasteiger partial charge in [-0.3, -0.25) is 0 Å².